The molecule has 426 valence electrons. The number of hydrogen-bond donors (Lipinski definition) is 0. The van der Waals surface area contributed by atoms with Gasteiger partial charge in [-0.15, -0.1) is 0 Å². The molecule has 0 aromatic carbocycles. The fourth-order valence-corrected chi connectivity index (χ4v) is 8.87. The van der Waals surface area contributed by atoms with E-state index in [-0.39, 0.29) is 31.1 Å². The van der Waals surface area contributed by atoms with Gasteiger partial charge >= 0.3 is 17.9 Å². The fraction of sp³-hybridized carbons (Fsp3) is 0.750. The standard InChI is InChI=1S/C68H118O6/c1-4-7-10-13-16-19-22-25-28-31-32-33-34-35-36-38-40-43-46-49-52-55-58-61-67(70)73-64-65(63-72-66(69)60-57-54-51-48-45-42-39-30-27-24-21-18-15-12-9-6-3)74-68(71)62-59-56-53-50-47-44-41-37-29-26-23-20-17-14-11-8-5-2/h8,11,17,20,22,25-26,29-32,34-35,39,65H,4-7,9-10,12-16,18-19,21,23-24,27-28,33,36-38,40-64H2,1-3H3/b11-8-,20-17-,25-22-,29-26-,32-31-,35-34-,39-30-. The second-order valence-electron chi connectivity index (χ2n) is 20.9. The maximum Gasteiger partial charge on any atom is 0.306 e. The molecule has 0 fully saturated rings. The summed E-state index contributed by atoms with van der Waals surface area (Å²) >= 11 is 0. The molecular formula is C68H118O6. The van der Waals surface area contributed by atoms with Gasteiger partial charge in [0.15, 0.2) is 6.10 Å². The van der Waals surface area contributed by atoms with Gasteiger partial charge in [0.1, 0.15) is 13.2 Å². The molecule has 0 spiro atoms. The van der Waals surface area contributed by atoms with E-state index in [0.29, 0.717) is 19.3 Å². The number of unbranched alkanes of at least 4 members (excludes halogenated alkanes) is 32. The number of rotatable bonds is 57. The van der Waals surface area contributed by atoms with Gasteiger partial charge in [-0.2, -0.15) is 0 Å². The Hall–Kier alpha value is -3.41. The minimum Gasteiger partial charge on any atom is -0.462 e. The van der Waals surface area contributed by atoms with Crippen molar-refractivity contribution in [2.45, 2.75) is 316 Å². The molecular weight excluding hydrogens is 913 g/mol. The molecule has 0 saturated carbocycles. The van der Waals surface area contributed by atoms with Crippen LogP contribution in [0.1, 0.15) is 310 Å². The highest BCUT2D eigenvalue weighted by molar-refractivity contribution is 5.71. The van der Waals surface area contributed by atoms with E-state index in [9.17, 15) is 14.4 Å². The van der Waals surface area contributed by atoms with Gasteiger partial charge in [0, 0.05) is 19.3 Å². The lowest BCUT2D eigenvalue weighted by Crippen LogP contribution is -2.30. The molecule has 6 nitrogen and oxygen atoms in total. The summed E-state index contributed by atoms with van der Waals surface area (Å²) in [5, 5.41) is 0. The maximum absolute atomic E-state index is 12.9. The molecule has 6 heteroatoms. The Morgan fingerprint density at radius 1 is 0.284 bits per heavy atom. The molecule has 0 heterocycles. The first-order valence-corrected chi connectivity index (χ1v) is 31.6. The Kier molecular flexibility index (Phi) is 59.3. The van der Waals surface area contributed by atoms with E-state index >= 15 is 0 Å². The molecule has 0 aliphatic heterocycles. The SMILES string of the molecule is CC/C=C\C/C=C\C/C=C\CCCCCCCCCC(=O)OC(COC(=O)CCCCCCC/C=C\CCCCCCCCC)COC(=O)CCCCCCCCCC/C=C\C/C=C\C/C=C\CCCCCCC. The van der Waals surface area contributed by atoms with Crippen LogP contribution in [0.3, 0.4) is 0 Å². The van der Waals surface area contributed by atoms with Crippen molar-refractivity contribution in [2.75, 3.05) is 13.2 Å². The number of allylic oxidation sites excluding steroid dienone is 14. The second kappa shape index (κ2) is 62.1. The van der Waals surface area contributed by atoms with Crippen molar-refractivity contribution < 1.29 is 28.6 Å². The molecule has 0 aliphatic rings. The first kappa shape index (κ1) is 70.6. The normalized spacial score (nSPS) is 12.6. The van der Waals surface area contributed by atoms with Gasteiger partial charge in [-0.25, -0.2) is 0 Å². The molecule has 0 saturated heterocycles. The van der Waals surface area contributed by atoms with Gasteiger partial charge in [-0.1, -0.05) is 260 Å². The second-order valence-corrected chi connectivity index (χ2v) is 20.9. The van der Waals surface area contributed by atoms with Crippen LogP contribution < -0.4 is 0 Å². The van der Waals surface area contributed by atoms with Crippen LogP contribution >= 0.6 is 0 Å². The van der Waals surface area contributed by atoms with Crippen molar-refractivity contribution in [1.29, 1.82) is 0 Å². The Balaban J connectivity index is 4.39. The Labute approximate surface area is 458 Å². The average Bonchev–Trinajstić information content (AvgIpc) is 3.40. The third-order valence-corrected chi connectivity index (χ3v) is 13.6. The Morgan fingerprint density at radius 2 is 0.527 bits per heavy atom. The summed E-state index contributed by atoms with van der Waals surface area (Å²) in [5.74, 6) is -0.901. The molecule has 0 aliphatic carbocycles. The summed E-state index contributed by atoms with van der Waals surface area (Å²) in [7, 11) is 0. The van der Waals surface area contributed by atoms with E-state index < -0.39 is 6.10 Å². The Morgan fingerprint density at radius 3 is 0.838 bits per heavy atom. The van der Waals surface area contributed by atoms with Crippen LogP contribution in [0, 0.1) is 0 Å². The van der Waals surface area contributed by atoms with Gasteiger partial charge in [0.05, 0.1) is 0 Å². The van der Waals surface area contributed by atoms with E-state index in [1.54, 1.807) is 0 Å². The smallest absolute Gasteiger partial charge is 0.306 e. The minimum absolute atomic E-state index is 0.0866. The predicted octanol–water partition coefficient (Wildman–Crippen LogP) is 21.5. The molecule has 0 N–H and O–H groups in total. The van der Waals surface area contributed by atoms with E-state index in [0.717, 1.165) is 109 Å². The molecule has 1 atom stereocenters. The van der Waals surface area contributed by atoms with Crippen molar-refractivity contribution in [1.82, 2.24) is 0 Å². The first-order valence-electron chi connectivity index (χ1n) is 31.6. The number of carbonyl (C=O) groups excluding carboxylic acids is 3. The zero-order chi connectivity index (χ0) is 53.6. The highest BCUT2D eigenvalue weighted by Gasteiger charge is 2.19. The highest BCUT2D eigenvalue weighted by atomic mass is 16.6. The van der Waals surface area contributed by atoms with E-state index in [4.69, 9.17) is 14.2 Å². The lowest BCUT2D eigenvalue weighted by molar-refractivity contribution is -0.167. The molecule has 1 unspecified atom stereocenters. The molecule has 74 heavy (non-hydrogen) atoms. The third-order valence-electron chi connectivity index (χ3n) is 13.6. The summed E-state index contributed by atoms with van der Waals surface area (Å²) < 4.78 is 16.9. The fourth-order valence-electron chi connectivity index (χ4n) is 8.87. The average molecular weight is 1030 g/mol. The zero-order valence-electron chi connectivity index (χ0n) is 48.8. The summed E-state index contributed by atoms with van der Waals surface area (Å²) in [5.41, 5.74) is 0. The van der Waals surface area contributed by atoms with Crippen molar-refractivity contribution >= 4 is 17.9 Å². The largest absolute Gasteiger partial charge is 0.462 e. The molecule has 0 aromatic rings. The third kappa shape index (κ3) is 59.5. The van der Waals surface area contributed by atoms with Crippen molar-refractivity contribution in [3.8, 4) is 0 Å². The zero-order valence-corrected chi connectivity index (χ0v) is 48.8. The monoisotopic (exact) mass is 1030 g/mol. The molecule has 0 aromatic heterocycles. The van der Waals surface area contributed by atoms with Crippen LogP contribution in [-0.4, -0.2) is 37.2 Å². The van der Waals surface area contributed by atoms with Crippen LogP contribution in [0.25, 0.3) is 0 Å². The number of esters is 3. The highest BCUT2D eigenvalue weighted by Crippen LogP contribution is 2.15. The number of hydrogen-bond acceptors (Lipinski definition) is 6. The van der Waals surface area contributed by atoms with E-state index in [1.807, 2.05) is 0 Å². The van der Waals surface area contributed by atoms with Crippen molar-refractivity contribution in [2.24, 2.45) is 0 Å². The first-order chi connectivity index (χ1) is 36.5. The van der Waals surface area contributed by atoms with Gasteiger partial charge in [-0.05, 0) is 116 Å². The van der Waals surface area contributed by atoms with Crippen LogP contribution in [0.2, 0.25) is 0 Å². The number of carbonyl (C=O) groups is 3. The van der Waals surface area contributed by atoms with Crippen LogP contribution in [0.15, 0.2) is 85.1 Å². The van der Waals surface area contributed by atoms with Crippen LogP contribution in [0.4, 0.5) is 0 Å². The summed E-state index contributed by atoms with van der Waals surface area (Å²) in [6.45, 7) is 6.52. The van der Waals surface area contributed by atoms with Gasteiger partial charge in [-0.3, -0.25) is 14.4 Å². The van der Waals surface area contributed by atoms with Crippen molar-refractivity contribution in [3.63, 3.8) is 0 Å². The number of ether oxygens (including phenoxy) is 3. The van der Waals surface area contributed by atoms with Gasteiger partial charge in [0.25, 0.3) is 0 Å². The summed E-state index contributed by atoms with van der Waals surface area (Å²) in [4.78, 5) is 38.3. The van der Waals surface area contributed by atoms with Gasteiger partial charge < -0.3 is 14.2 Å². The van der Waals surface area contributed by atoms with E-state index in [1.165, 1.54) is 161 Å². The topological polar surface area (TPSA) is 78.9 Å². The molecule has 0 bridgehead atoms. The van der Waals surface area contributed by atoms with E-state index in [2.05, 4.69) is 106 Å². The quantitative estimate of drug-likeness (QED) is 0.0261. The minimum atomic E-state index is -0.790. The summed E-state index contributed by atoms with van der Waals surface area (Å²) in [6, 6.07) is 0. The molecule has 0 radical (unpaired) electrons. The van der Waals surface area contributed by atoms with Crippen molar-refractivity contribution in [3.05, 3.63) is 85.1 Å². The van der Waals surface area contributed by atoms with Crippen LogP contribution in [-0.2, 0) is 28.6 Å². The maximum atomic E-state index is 12.9. The van der Waals surface area contributed by atoms with Gasteiger partial charge in [0.2, 0.25) is 0 Å². The molecule has 0 rings (SSSR count). The lowest BCUT2D eigenvalue weighted by atomic mass is 10.1. The molecule has 0 amide bonds. The lowest BCUT2D eigenvalue weighted by Gasteiger charge is -2.18. The summed E-state index contributed by atoms with van der Waals surface area (Å²) in [6.07, 6.45) is 81.5. The van der Waals surface area contributed by atoms with Crippen LogP contribution in [0.5, 0.6) is 0 Å². The Bertz CT molecular complexity index is 1420. The predicted molar refractivity (Wildman–Crippen MR) is 321 cm³/mol.